The van der Waals surface area contributed by atoms with Crippen molar-refractivity contribution in [1.29, 1.82) is 0 Å². The van der Waals surface area contributed by atoms with Gasteiger partial charge in [0.2, 0.25) is 5.91 Å². The molecule has 1 aromatic heterocycles. The molecule has 0 saturated carbocycles. The second-order valence-electron chi connectivity index (χ2n) is 5.54. The molecule has 136 valence electrons. The average Bonchev–Trinajstić information content (AvgIpc) is 2.83. The van der Waals surface area contributed by atoms with E-state index in [2.05, 4.69) is 10.4 Å². The van der Waals surface area contributed by atoms with Crippen LogP contribution in [-0.2, 0) is 21.4 Å². The fourth-order valence-electron chi connectivity index (χ4n) is 2.20. The highest BCUT2D eigenvalue weighted by molar-refractivity contribution is 6.31. The van der Waals surface area contributed by atoms with Crippen molar-refractivity contribution in [2.24, 2.45) is 7.05 Å². The zero-order chi connectivity index (χ0) is 19.3. The van der Waals surface area contributed by atoms with Crippen molar-refractivity contribution in [1.82, 2.24) is 9.78 Å². The number of nitrogens with one attached hydrogen (secondary N) is 1. The first-order chi connectivity index (χ1) is 12.3. The summed E-state index contributed by atoms with van der Waals surface area (Å²) in [6.07, 6.45) is 2.70. The van der Waals surface area contributed by atoms with Crippen LogP contribution in [0.15, 0.2) is 30.3 Å². The highest BCUT2D eigenvalue weighted by atomic mass is 35.5. The predicted molar refractivity (Wildman–Crippen MR) is 98.0 cm³/mol. The molecule has 26 heavy (non-hydrogen) atoms. The molecule has 0 aliphatic rings. The Bertz CT molecular complexity index is 869. The number of Topliss-reactive ketones (excluding diaryl/α,β-unsaturated/α-hetero) is 1. The van der Waals surface area contributed by atoms with E-state index in [4.69, 9.17) is 16.3 Å². The maximum atomic E-state index is 12.0. The number of ether oxygens (including phenoxy) is 1. The fourth-order valence-corrected chi connectivity index (χ4v) is 2.44. The number of halogens is 1. The first kappa shape index (κ1) is 19.4. The van der Waals surface area contributed by atoms with Gasteiger partial charge in [-0.3, -0.25) is 14.3 Å². The molecule has 0 aliphatic heterocycles. The van der Waals surface area contributed by atoms with E-state index in [9.17, 15) is 14.4 Å². The molecule has 2 rings (SSSR count). The van der Waals surface area contributed by atoms with Crippen LogP contribution in [0.5, 0.6) is 0 Å². The van der Waals surface area contributed by atoms with Gasteiger partial charge >= 0.3 is 5.97 Å². The van der Waals surface area contributed by atoms with Crippen molar-refractivity contribution >= 4 is 41.0 Å². The molecule has 0 saturated heterocycles. The van der Waals surface area contributed by atoms with Crippen molar-refractivity contribution in [2.45, 2.75) is 13.8 Å². The number of benzene rings is 1. The second kappa shape index (κ2) is 8.44. The van der Waals surface area contributed by atoms with E-state index >= 15 is 0 Å². The minimum atomic E-state index is -0.660. The van der Waals surface area contributed by atoms with Crippen LogP contribution in [0.25, 0.3) is 6.08 Å². The minimum absolute atomic E-state index is 0.200. The van der Waals surface area contributed by atoms with Crippen LogP contribution in [-0.4, -0.2) is 34.0 Å². The van der Waals surface area contributed by atoms with Crippen molar-refractivity contribution in [3.63, 3.8) is 0 Å². The molecule has 2 aromatic rings. The standard InChI is InChI=1S/C18H18ClN3O4/c1-11-15(18(19)22(3)21-11)8-9-17(25)26-10-16(24)13-4-6-14(7-5-13)20-12(2)23/h4-9H,10H2,1-3H3,(H,20,23)/b9-8+. The topological polar surface area (TPSA) is 90.3 Å². The van der Waals surface area contributed by atoms with Crippen molar-refractivity contribution in [3.8, 4) is 0 Å². The van der Waals surface area contributed by atoms with Crippen LogP contribution in [0.1, 0.15) is 28.5 Å². The summed E-state index contributed by atoms with van der Waals surface area (Å²) < 4.78 is 6.44. The third kappa shape index (κ3) is 5.03. The van der Waals surface area contributed by atoms with E-state index in [1.165, 1.54) is 23.8 Å². The monoisotopic (exact) mass is 375 g/mol. The van der Waals surface area contributed by atoms with Gasteiger partial charge in [-0.1, -0.05) is 11.6 Å². The van der Waals surface area contributed by atoms with Gasteiger partial charge in [0, 0.05) is 36.9 Å². The number of hydrogen-bond donors (Lipinski definition) is 1. The highest BCUT2D eigenvalue weighted by Crippen LogP contribution is 2.20. The van der Waals surface area contributed by atoms with Crippen molar-refractivity contribution in [2.75, 3.05) is 11.9 Å². The number of ketones is 1. The molecule has 0 radical (unpaired) electrons. The molecule has 1 N–H and O–H groups in total. The summed E-state index contributed by atoms with van der Waals surface area (Å²) >= 11 is 6.07. The van der Waals surface area contributed by atoms with E-state index in [-0.39, 0.29) is 18.3 Å². The maximum Gasteiger partial charge on any atom is 0.331 e. The van der Waals surface area contributed by atoms with Crippen LogP contribution in [0.4, 0.5) is 5.69 Å². The molecule has 0 atom stereocenters. The molecule has 0 unspecified atom stereocenters. The van der Waals surface area contributed by atoms with E-state index in [0.717, 1.165) is 0 Å². The van der Waals surface area contributed by atoms with Crippen LogP contribution in [0.3, 0.4) is 0 Å². The number of hydrogen-bond acceptors (Lipinski definition) is 5. The Morgan fingerprint density at radius 2 is 1.92 bits per heavy atom. The van der Waals surface area contributed by atoms with E-state index < -0.39 is 5.97 Å². The summed E-state index contributed by atoms with van der Waals surface area (Å²) in [6, 6.07) is 6.30. The Morgan fingerprint density at radius 3 is 2.46 bits per heavy atom. The van der Waals surface area contributed by atoms with E-state index in [0.29, 0.717) is 27.7 Å². The normalized spacial score (nSPS) is 10.8. The molecule has 8 heteroatoms. The number of anilines is 1. The number of aromatic nitrogens is 2. The lowest BCUT2D eigenvalue weighted by molar-refractivity contribution is -0.136. The molecule has 1 heterocycles. The Balaban J connectivity index is 1.91. The van der Waals surface area contributed by atoms with Gasteiger partial charge in [-0.15, -0.1) is 0 Å². The summed E-state index contributed by atoms with van der Waals surface area (Å²) in [6.45, 7) is 2.78. The summed E-state index contributed by atoms with van der Waals surface area (Å²) in [7, 11) is 1.70. The summed E-state index contributed by atoms with van der Waals surface area (Å²) in [5.41, 5.74) is 2.25. The number of aryl methyl sites for hydroxylation is 2. The van der Waals surface area contributed by atoms with Gasteiger partial charge < -0.3 is 10.1 Å². The molecule has 0 aliphatic carbocycles. The van der Waals surface area contributed by atoms with Gasteiger partial charge in [-0.05, 0) is 37.3 Å². The van der Waals surface area contributed by atoms with Gasteiger partial charge in [0.15, 0.2) is 12.4 Å². The SMILES string of the molecule is CC(=O)Nc1ccc(C(=O)COC(=O)/C=C/c2c(C)nn(C)c2Cl)cc1. The zero-order valence-electron chi connectivity index (χ0n) is 14.6. The summed E-state index contributed by atoms with van der Waals surface area (Å²) in [4.78, 5) is 34.8. The van der Waals surface area contributed by atoms with Crippen molar-refractivity contribution < 1.29 is 19.1 Å². The Morgan fingerprint density at radius 1 is 1.27 bits per heavy atom. The van der Waals surface area contributed by atoms with Gasteiger partial charge in [0.1, 0.15) is 5.15 Å². The number of carbonyl (C=O) groups is 3. The first-order valence-electron chi connectivity index (χ1n) is 7.72. The molecule has 1 amide bonds. The van der Waals surface area contributed by atoms with Crippen molar-refractivity contribution in [3.05, 3.63) is 52.3 Å². The van der Waals surface area contributed by atoms with Gasteiger partial charge in [-0.25, -0.2) is 4.79 Å². The quantitative estimate of drug-likeness (QED) is 0.476. The largest absolute Gasteiger partial charge is 0.454 e. The third-order valence-corrected chi connectivity index (χ3v) is 3.90. The number of amides is 1. The van der Waals surface area contributed by atoms with Crippen LogP contribution in [0, 0.1) is 6.92 Å². The maximum absolute atomic E-state index is 12.0. The number of carbonyl (C=O) groups excluding carboxylic acids is 3. The molecular weight excluding hydrogens is 358 g/mol. The van der Waals surface area contributed by atoms with Crippen LogP contribution >= 0.6 is 11.6 Å². The molecular formula is C18H18ClN3O4. The summed E-state index contributed by atoms with van der Waals surface area (Å²) in [5.74, 6) is -1.21. The Hall–Kier alpha value is -2.93. The Kier molecular flexibility index (Phi) is 6.30. The lowest BCUT2D eigenvalue weighted by atomic mass is 10.1. The van der Waals surface area contributed by atoms with Gasteiger partial charge in [0.25, 0.3) is 0 Å². The van der Waals surface area contributed by atoms with E-state index in [1.54, 1.807) is 38.2 Å². The lowest BCUT2D eigenvalue weighted by Gasteiger charge is -2.04. The highest BCUT2D eigenvalue weighted by Gasteiger charge is 2.11. The van der Waals surface area contributed by atoms with E-state index in [1.807, 2.05) is 0 Å². The predicted octanol–water partition coefficient (Wildman–Crippen LogP) is 2.78. The fraction of sp³-hybridized carbons (Fsp3) is 0.222. The minimum Gasteiger partial charge on any atom is -0.454 e. The van der Waals surface area contributed by atoms with Gasteiger partial charge in [-0.2, -0.15) is 5.10 Å². The van der Waals surface area contributed by atoms with Crippen LogP contribution in [0.2, 0.25) is 5.15 Å². The molecule has 0 fully saturated rings. The Labute approximate surface area is 155 Å². The molecule has 7 nitrogen and oxygen atoms in total. The average molecular weight is 376 g/mol. The molecule has 0 bridgehead atoms. The third-order valence-electron chi connectivity index (χ3n) is 3.46. The molecule has 1 aromatic carbocycles. The smallest absolute Gasteiger partial charge is 0.331 e. The molecule has 0 spiro atoms. The van der Waals surface area contributed by atoms with Crippen LogP contribution < -0.4 is 5.32 Å². The zero-order valence-corrected chi connectivity index (χ0v) is 15.3. The number of nitrogens with zero attached hydrogens (tertiary/aromatic N) is 2. The summed E-state index contributed by atoms with van der Waals surface area (Å²) in [5, 5.41) is 7.13. The first-order valence-corrected chi connectivity index (χ1v) is 8.10. The second-order valence-corrected chi connectivity index (χ2v) is 5.89. The van der Waals surface area contributed by atoms with Gasteiger partial charge in [0.05, 0.1) is 5.69 Å². The number of esters is 1. The lowest BCUT2D eigenvalue weighted by Crippen LogP contribution is -2.13. The number of rotatable bonds is 6.